The van der Waals surface area contributed by atoms with E-state index in [9.17, 15) is 4.79 Å². The normalized spacial score (nSPS) is 13.2. The van der Waals surface area contributed by atoms with Crippen LogP contribution in [0, 0.1) is 20.8 Å². The van der Waals surface area contributed by atoms with Crippen LogP contribution in [0.15, 0.2) is 36.4 Å². The second kappa shape index (κ2) is 8.39. The van der Waals surface area contributed by atoms with Crippen molar-refractivity contribution in [3.63, 3.8) is 0 Å². The van der Waals surface area contributed by atoms with Crippen molar-refractivity contribution in [3.8, 4) is 5.75 Å². The summed E-state index contributed by atoms with van der Waals surface area (Å²) < 4.78 is 5.82. The Morgan fingerprint density at radius 1 is 1.08 bits per heavy atom. The summed E-state index contributed by atoms with van der Waals surface area (Å²) in [6, 6.07) is 11.3. The van der Waals surface area contributed by atoms with E-state index < -0.39 is 6.10 Å². The van der Waals surface area contributed by atoms with Crippen LogP contribution in [0.3, 0.4) is 0 Å². The Morgan fingerprint density at radius 3 is 2.28 bits per heavy atom. The summed E-state index contributed by atoms with van der Waals surface area (Å²) >= 11 is 5.89. The molecule has 0 aliphatic rings. The smallest absolute Gasteiger partial charge is 0.261 e. The number of carbonyl (C=O) groups excluding carboxylic acids is 1. The summed E-state index contributed by atoms with van der Waals surface area (Å²) in [5.74, 6) is 0.531. The molecule has 0 aromatic heterocycles. The number of ether oxygens (including phenoxy) is 1. The standard InChI is InChI=1S/C21H26ClNO2/c1-6-20(25-18-9-7-17(22)8-10-18)21(24)23-16(5)19-12-14(3)13(2)11-15(19)4/h7-12,16,20H,6H2,1-5H3,(H,23,24)/t16-,20+/m1/s1. The van der Waals surface area contributed by atoms with Gasteiger partial charge in [0.2, 0.25) is 0 Å². The highest BCUT2D eigenvalue weighted by Gasteiger charge is 2.21. The largest absolute Gasteiger partial charge is 0.481 e. The number of carbonyl (C=O) groups is 1. The number of amides is 1. The number of aryl methyl sites for hydroxylation is 3. The van der Waals surface area contributed by atoms with Crippen LogP contribution >= 0.6 is 11.6 Å². The van der Waals surface area contributed by atoms with Gasteiger partial charge in [-0.1, -0.05) is 30.7 Å². The van der Waals surface area contributed by atoms with Gasteiger partial charge in [-0.3, -0.25) is 4.79 Å². The lowest BCUT2D eigenvalue weighted by atomic mass is 9.96. The summed E-state index contributed by atoms with van der Waals surface area (Å²) in [5.41, 5.74) is 4.81. The van der Waals surface area contributed by atoms with Crippen LogP contribution < -0.4 is 10.1 Å². The van der Waals surface area contributed by atoms with Gasteiger partial charge in [-0.05, 0) is 80.6 Å². The summed E-state index contributed by atoms with van der Waals surface area (Å²) in [7, 11) is 0. The van der Waals surface area contributed by atoms with Crippen molar-refractivity contribution >= 4 is 17.5 Å². The fourth-order valence-corrected chi connectivity index (χ4v) is 2.96. The molecule has 2 rings (SSSR count). The molecule has 0 aliphatic heterocycles. The van der Waals surface area contributed by atoms with Crippen LogP contribution in [0.5, 0.6) is 5.75 Å². The molecule has 2 aromatic carbocycles. The van der Waals surface area contributed by atoms with E-state index >= 15 is 0 Å². The molecule has 0 bridgehead atoms. The van der Waals surface area contributed by atoms with Crippen molar-refractivity contribution < 1.29 is 9.53 Å². The fourth-order valence-electron chi connectivity index (χ4n) is 2.83. The molecule has 2 atom stereocenters. The molecule has 4 heteroatoms. The topological polar surface area (TPSA) is 38.3 Å². The van der Waals surface area contributed by atoms with Crippen molar-refractivity contribution in [1.29, 1.82) is 0 Å². The van der Waals surface area contributed by atoms with Gasteiger partial charge in [-0.25, -0.2) is 0 Å². The zero-order valence-corrected chi connectivity index (χ0v) is 16.3. The van der Waals surface area contributed by atoms with E-state index in [1.54, 1.807) is 24.3 Å². The molecule has 1 amide bonds. The van der Waals surface area contributed by atoms with Gasteiger partial charge in [0.05, 0.1) is 6.04 Å². The van der Waals surface area contributed by atoms with Crippen molar-refractivity contribution in [2.45, 2.75) is 53.2 Å². The molecule has 0 fully saturated rings. The Balaban J connectivity index is 2.08. The number of halogens is 1. The molecule has 0 saturated carbocycles. The second-order valence-electron chi connectivity index (χ2n) is 6.49. The summed E-state index contributed by atoms with van der Waals surface area (Å²) in [5, 5.41) is 3.72. The number of hydrogen-bond acceptors (Lipinski definition) is 2. The SMILES string of the molecule is CC[C@H](Oc1ccc(Cl)cc1)C(=O)N[C@H](C)c1cc(C)c(C)cc1C. The zero-order chi connectivity index (χ0) is 18.6. The third kappa shape index (κ3) is 4.99. The molecule has 2 aromatic rings. The molecule has 0 saturated heterocycles. The van der Waals surface area contributed by atoms with Crippen LogP contribution in [-0.2, 0) is 4.79 Å². The van der Waals surface area contributed by atoms with Crippen LogP contribution in [0.2, 0.25) is 5.02 Å². The van der Waals surface area contributed by atoms with Gasteiger partial charge >= 0.3 is 0 Å². The van der Waals surface area contributed by atoms with Crippen LogP contribution in [0.25, 0.3) is 0 Å². The predicted octanol–water partition coefficient (Wildman–Crippen LogP) is 5.30. The molecule has 1 N–H and O–H groups in total. The second-order valence-corrected chi connectivity index (χ2v) is 6.93. The van der Waals surface area contributed by atoms with Crippen molar-refractivity contribution in [1.82, 2.24) is 5.32 Å². The van der Waals surface area contributed by atoms with Crippen LogP contribution in [-0.4, -0.2) is 12.0 Å². The van der Waals surface area contributed by atoms with Crippen molar-refractivity contribution in [3.05, 3.63) is 63.7 Å². The Bertz CT molecular complexity index is 740. The van der Waals surface area contributed by atoms with E-state index in [0.717, 1.165) is 5.56 Å². The van der Waals surface area contributed by atoms with E-state index in [0.29, 0.717) is 17.2 Å². The first kappa shape index (κ1) is 19.3. The van der Waals surface area contributed by atoms with Crippen molar-refractivity contribution in [2.24, 2.45) is 0 Å². The minimum Gasteiger partial charge on any atom is -0.481 e. The van der Waals surface area contributed by atoms with Crippen molar-refractivity contribution in [2.75, 3.05) is 0 Å². The summed E-state index contributed by atoms with van der Waals surface area (Å²) in [6.45, 7) is 10.2. The molecule has 0 radical (unpaired) electrons. The maximum Gasteiger partial charge on any atom is 0.261 e. The molecule has 0 spiro atoms. The van der Waals surface area contributed by atoms with Gasteiger partial charge in [0, 0.05) is 5.02 Å². The van der Waals surface area contributed by atoms with Gasteiger partial charge in [0.15, 0.2) is 6.10 Å². The number of rotatable bonds is 6. The maximum atomic E-state index is 12.6. The average molecular weight is 360 g/mol. The van der Waals surface area contributed by atoms with Crippen LogP contribution in [0.4, 0.5) is 0 Å². The van der Waals surface area contributed by atoms with Gasteiger partial charge in [-0.2, -0.15) is 0 Å². The van der Waals surface area contributed by atoms with Gasteiger partial charge in [0.1, 0.15) is 5.75 Å². The molecular weight excluding hydrogens is 334 g/mol. The van der Waals surface area contributed by atoms with E-state index in [2.05, 4.69) is 38.2 Å². The highest BCUT2D eigenvalue weighted by molar-refractivity contribution is 6.30. The molecule has 0 unspecified atom stereocenters. The summed E-state index contributed by atoms with van der Waals surface area (Å²) in [4.78, 5) is 12.6. The third-order valence-electron chi connectivity index (χ3n) is 4.46. The van der Waals surface area contributed by atoms with E-state index in [1.165, 1.54) is 16.7 Å². The first-order valence-corrected chi connectivity index (χ1v) is 9.00. The van der Waals surface area contributed by atoms with Gasteiger partial charge in [0.25, 0.3) is 5.91 Å². The molecular formula is C21H26ClNO2. The quantitative estimate of drug-likeness (QED) is 0.760. The Hall–Kier alpha value is -2.00. The van der Waals surface area contributed by atoms with Gasteiger partial charge in [-0.15, -0.1) is 0 Å². The van der Waals surface area contributed by atoms with Crippen LogP contribution in [0.1, 0.15) is 48.6 Å². The lowest BCUT2D eigenvalue weighted by Crippen LogP contribution is -2.39. The maximum absolute atomic E-state index is 12.6. The first-order valence-electron chi connectivity index (χ1n) is 8.62. The zero-order valence-electron chi connectivity index (χ0n) is 15.5. The van der Waals surface area contributed by atoms with E-state index in [4.69, 9.17) is 16.3 Å². The Kier molecular flexibility index (Phi) is 6.49. The number of hydrogen-bond donors (Lipinski definition) is 1. The number of benzene rings is 2. The minimum absolute atomic E-state index is 0.0744. The average Bonchev–Trinajstić information content (AvgIpc) is 2.57. The van der Waals surface area contributed by atoms with E-state index in [1.807, 2.05) is 13.8 Å². The molecule has 0 heterocycles. The number of nitrogens with one attached hydrogen (secondary N) is 1. The lowest BCUT2D eigenvalue weighted by Gasteiger charge is -2.22. The Morgan fingerprint density at radius 2 is 1.68 bits per heavy atom. The Labute approximate surface area is 155 Å². The molecule has 25 heavy (non-hydrogen) atoms. The van der Waals surface area contributed by atoms with Gasteiger partial charge < -0.3 is 10.1 Å². The third-order valence-corrected chi connectivity index (χ3v) is 4.71. The molecule has 0 aliphatic carbocycles. The summed E-state index contributed by atoms with van der Waals surface area (Å²) in [6.07, 6.45) is 0.0584. The highest BCUT2D eigenvalue weighted by atomic mass is 35.5. The van der Waals surface area contributed by atoms with E-state index in [-0.39, 0.29) is 11.9 Å². The minimum atomic E-state index is -0.532. The predicted molar refractivity (Wildman–Crippen MR) is 103 cm³/mol. The highest BCUT2D eigenvalue weighted by Crippen LogP contribution is 2.22. The lowest BCUT2D eigenvalue weighted by molar-refractivity contribution is -0.128. The first-order chi connectivity index (χ1) is 11.8. The fraction of sp³-hybridized carbons (Fsp3) is 0.381. The molecule has 134 valence electrons. The molecule has 3 nitrogen and oxygen atoms in total. The monoisotopic (exact) mass is 359 g/mol.